The van der Waals surface area contributed by atoms with E-state index in [0.717, 1.165) is 23.8 Å². The topological polar surface area (TPSA) is 77.0 Å². The van der Waals surface area contributed by atoms with E-state index in [1.165, 1.54) is 13.2 Å². The number of anilines is 1. The van der Waals surface area contributed by atoms with Gasteiger partial charge in [0, 0.05) is 23.3 Å². The van der Waals surface area contributed by atoms with Crippen LogP contribution in [0.5, 0.6) is 5.75 Å². The van der Waals surface area contributed by atoms with Gasteiger partial charge in [0.2, 0.25) is 5.13 Å². The molecule has 3 aromatic rings. The highest BCUT2D eigenvalue weighted by molar-refractivity contribution is 7.10. The highest BCUT2D eigenvalue weighted by atomic mass is 32.1. The third-order valence-corrected chi connectivity index (χ3v) is 3.93. The van der Waals surface area contributed by atoms with Crippen molar-refractivity contribution < 1.29 is 22.7 Å². The number of carbonyl (C=O) groups is 1. The molecule has 0 aliphatic heterocycles. The van der Waals surface area contributed by atoms with Gasteiger partial charge in [-0.1, -0.05) is 12.1 Å². The molecule has 0 saturated carbocycles. The van der Waals surface area contributed by atoms with Gasteiger partial charge in [-0.2, -0.15) is 22.5 Å². The first-order valence-corrected chi connectivity index (χ1v) is 7.97. The molecular formula is C16H11F3N4O2S. The second-order valence-corrected chi connectivity index (χ2v) is 5.76. The number of methoxy groups -OCH3 is 1. The molecule has 0 atom stereocenters. The number of halogens is 3. The van der Waals surface area contributed by atoms with E-state index < -0.39 is 23.3 Å². The minimum Gasteiger partial charge on any atom is -0.497 e. The molecule has 6 nitrogen and oxygen atoms in total. The van der Waals surface area contributed by atoms with Crippen LogP contribution in [-0.4, -0.2) is 27.4 Å². The maximum absolute atomic E-state index is 13.0. The minimum absolute atomic E-state index is 0.0739. The van der Waals surface area contributed by atoms with Crippen molar-refractivity contribution in [3.05, 3.63) is 53.9 Å². The van der Waals surface area contributed by atoms with Crippen LogP contribution in [0.2, 0.25) is 0 Å². The normalized spacial score (nSPS) is 11.2. The molecule has 10 heteroatoms. The maximum Gasteiger partial charge on any atom is 0.434 e. The Balaban J connectivity index is 1.83. The number of carbonyl (C=O) groups excluding carboxylic acids is 1. The summed E-state index contributed by atoms with van der Waals surface area (Å²) in [7, 11) is 1.52. The van der Waals surface area contributed by atoms with Gasteiger partial charge in [-0.25, -0.2) is 0 Å². The summed E-state index contributed by atoms with van der Waals surface area (Å²) in [5.74, 6) is -0.0294. The Morgan fingerprint density at radius 1 is 1.23 bits per heavy atom. The molecule has 0 bridgehead atoms. The molecular weight excluding hydrogens is 369 g/mol. The van der Waals surface area contributed by atoms with Gasteiger partial charge in [0.1, 0.15) is 5.75 Å². The number of nitrogens with zero attached hydrogens (tertiary/aromatic N) is 3. The monoisotopic (exact) mass is 380 g/mol. The molecule has 26 heavy (non-hydrogen) atoms. The van der Waals surface area contributed by atoms with E-state index in [1.807, 2.05) is 0 Å². The first-order chi connectivity index (χ1) is 12.4. The summed E-state index contributed by atoms with van der Waals surface area (Å²) in [4.78, 5) is 19.6. The van der Waals surface area contributed by atoms with Gasteiger partial charge >= 0.3 is 6.18 Å². The molecule has 134 valence electrons. The fraction of sp³-hybridized carbons (Fsp3) is 0.125. The van der Waals surface area contributed by atoms with Crippen LogP contribution in [0, 0.1) is 0 Å². The summed E-state index contributed by atoms with van der Waals surface area (Å²) in [5.41, 5.74) is -1.19. The molecule has 0 aliphatic carbocycles. The second-order valence-electron chi connectivity index (χ2n) is 5.01. The lowest BCUT2D eigenvalue weighted by Gasteiger charge is -2.10. The number of ether oxygens (including phenoxy) is 1. The van der Waals surface area contributed by atoms with Gasteiger partial charge in [0.25, 0.3) is 5.91 Å². The maximum atomic E-state index is 13.0. The number of aromatic nitrogens is 3. The SMILES string of the molecule is COc1cccc(-c2nsc(NC(=O)c3cccnc3C(F)(F)F)n2)c1. The van der Waals surface area contributed by atoms with Crippen LogP contribution in [0.25, 0.3) is 11.4 Å². The van der Waals surface area contributed by atoms with Gasteiger partial charge < -0.3 is 4.74 Å². The molecule has 1 amide bonds. The number of nitrogens with one attached hydrogen (secondary N) is 1. The number of benzene rings is 1. The van der Waals surface area contributed by atoms with Gasteiger partial charge in [0.05, 0.1) is 12.7 Å². The van der Waals surface area contributed by atoms with Gasteiger partial charge in [-0.05, 0) is 24.3 Å². The zero-order chi connectivity index (χ0) is 18.7. The van der Waals surface area contributed by atoms with Crippen LogP contribution in [0.3, 0.4) is 0 Å². The Kier molecular flexibility index (Phi) is 4.85. The van der Waals surface area contributed by atoms with Crippen molar-refractivity contribution in [1.82, 2.24) is 14.3 Å². The average molecular weight is 380 g/mol. The van der Waals surface area contributed by atoms with Gasteiger partial charge in [-0.15, -0.1) is 0 Å². The molecule has 0 aliphatic rings. The van der Waals surface area contributed by atoms with Crippen LogP contribution in [0.4, 0.5) is 18.3 Å². The molecule has 2 aromatic heterocycles. The molecule has 1 N–H and O–H groups in total. The Morgan fingerprint density at radius 3 is 2.77 bits per heavy atom. The quantitative estimate of drug-likeness (QED) is 0.743. The zero-order valence-electron chi connectivity index (χ0n) is 13.2. The standard InChI is InChI=1S/C16H11F3N4O2S/c1-25-10-5-2-4-9(8-10)13-21-15(26-23-13)22-14(24)11-6-3-7-20-12(11)16(17,18)19/h2-8H,1H3,(H,21,22,23,24). The second kappa shape index (κ2) is 7.08. The molecule has 1 aromatic carbocycles. The smallest absolute Gasteiger partial charge is 0.434 e. The Bertz CT molecular complexity index is 943. The van der Waals surface area contributed by atoms with Crippen molar-refractivity contribution >= 4 is 22.6 Å². The van der Waals surface area contributed by atoms with Crippen LogP contribution in [-0.2, 0) is 6.18 Å². The third-order valence-electron chi connectivity index (χ3n) is 3.30. The first-order valence-electron chi connectivity index (χ1n) is 7.20. The fourth-order valence-electron chi connectivity index (χ4n) is 2.13. The van der Waals surface area contributed by atoms with E-state index in [1.54, 1.807) is 24.3 Å². The van der Waals surface area contributed by atoms with Crippen molar-refractivity contribution in [1.29, 1.82) is 0 Å². The summed E-state index contributed by atoms with van der Waals surface area (Å²) in [6.07, 6.45) is -3.76. The average Bonchev–Trinajstić information content (AvgIpc) is 3.09. The van der Waals surface area contributed by atoms with E-state index in [4.69, 9.17) is 4.74 Å². The zero-order valence-corrected chi connectivity index (χ0v) is 14.1. The number of rotatable bonds is 4. The lowest BCUT2D eigenvalue weighted by atomic mass is 10.2. The van der Waals surface area contributed by atoms with E-state index in [-0.39, 0.29) is 5.13 Å². The number of hydrogen-bond acceptors (Lipinski definition) is 6. The fourth-order valence-corrected chi connectivity index (χ4v) is 2.72. The number of amides is 1. The van der Waals surface area contributed by atoms with Gasteiger partial charge in [-0.3, -0.25) is 15.1 Å². The number of pyridine rings is 1. The molecule has 0 fully saturated rings. The summed E-state index contributed by atoms with van der Waals surface area (Å²) >= 11 is 0.859. The summed E-state index contributed by atoms with van der Waals surface area (Å²) < 4.78 is 48.1. The lowest BCUT2D eigenvalue weighted by molar-refractivity contribution is -0.141. The van der Waals surface area contributed by atoms with E-state index in [2.05, 4.69) is 19.7 Å². The first kappa shape index (κ1) is 17.8. The highest BCUT2D eigenvalue weighted by Crippen LogP contribution is 2.31. The predicted octanol–water partition coefficient (Wildman–Crippen LogP) is 3.88. The largest absolute Gasteiger partial charge is 0.497 e. The van der Waals surface area contributed by atoms with Crippen molar-refractivity contribution in [3.63, 3.8) is 0 Å². The summed E-state index contributed by atoms with van der Waals surface area (Å²) in [6.45, 7) is 0. The Morgan fingerprint density at radius 2 is 2.04 bits per heavy atom. The highest BCUT2D eigenvalue weighted by Gasteiger charge is 2.37. The minimum atomic E-state index is -4.74. The predicted molar refractivity (Wildman–Crippen MR) is 89.1 cm³/mol. The molecule has 0 spiro atoms. The Hall–Kier alpha value is -3.01. The number of alkyl halides is 3. The van der Waals surface area contributed by atoms with Crippen molar-refractivity contribution in [2.24, 2.45) is 0 Å². The molecule has 0 radical (unpaired) electrons. The van der Waals surface area contributed by atoms with Crippen LogP contribution < -0.4 is 10.1 Å². The molecule has 0 unspecified atom stereocenters. The third kappa shape index (κ3) is 3.80. The van der Waals surface area contributed by atoms with Crippen molar-refractivity contribution in [3.8, 4) is 17.1 Å². The molecule has 2 heterocycles. The number of hydrogen-bond donors (Lipinski definition) is 1. The molecule has 3 rings (SSSR count). The van der Waals surface area contributed by atoms with Crippen LogP contribution in [0.1, 0.15) is 16.1 Å². The summed E-state index contributed by atoms with van der Waals surface area (Å²) in [5, 5.41) is 2.40. The summed E-state index contributed by atoms with van der Waals surface area (Å²) in [6, 6.07) is 9.26. The van der Waals surface area contributed by atoms with Crippen LogP contribution >= 0.6 is 11.5 Å². The van der Waals surface area contributed by atoms with Crippen LogP contribution in [0.15, 0.2) is 42.6 Å². The van der Waals surface area contributed by atoms with E-state index in [0.29, 0.717) is 17.1 Å². The van der Waals surface area contributed by atoms with Crippen molar-refractivity contribution in [2.75, 3.05) is 12.4 Å². The Labute approximate surface area is 149 Å². The van der Waals surface area contributed by atoms with E-state index >= 15 is 0 Å². The lowest BCUT2D eigenvalue weighted by Crippen LogP contribution is -2.20. The van der Waals surface area contributed by atoms with Gasteiger partial charge in [0.15, 0.2) is 11.5 Å². The van der Waals surface area contributed by atoms with E-state index in [9.17, 15) is 18.0 Å². The van der Waals surface area contributed by atoms with Crippen molar-refractivity contribution in [2.45, 2.75) is 6.18 Å². The molecule has 0 saturated heterocycles.